The first-order valence-electron chi connectivity index (χ1n) is 11.0. The molecule has 0 fully saturated rings. The SMILES string of the molecule is Cc1ccc(C)c(OCC(=O)Nc2ccc3c(c2)N(Cc2ccccc2C)C(=O)C(C)O3)c1. The molecule has 170 valence electrons. The standard InChI is InChI=1S/C27H28N2O4/c1-17-9-10-19(3)25(13-17)32-16-26(30)28-22-11-12-24-23(14-22)29(27(31)20(4)33-24)15-21-8-6-5-7-18(21)2/h5-14,20H,15-16H2,1-4H3,(H,28,30). The monoisotopic (exact) mass is 444 g/mol. The van der Waals surface area contributed by atoms with Gasteiger partial charge in [0.25, 0.3) is 11.8 Å². The predicted octanol–water partition coefficient (Wildman–Crippen LogP) is 4.94. The van der Waals surface area contributed by atoms with Crippen LogP contribution in [-0.4, -0.2) is 24.5 Å². The van der Waals surface area contributed by atoms with Crippen LogP contribution in [0.25, 0.3) is 0 Å². The minimum atomic E-state index is -0.576. The zero-order valence-electron chi connectivity index (χ0n) is 19.3. The third kappa shape index (κ3) is 5.00. The Labute approximate surface area is 194 Å². The summed E-state index contributed by atoms with van der Waals surface area (Å²) in [5.74, 6) is 0.901. The Morgan fingerprint density at radius 1 is 1.03 bits per heavy atom. The van der Waals surface area contributed by atoms with E-state index in [0.717, 1.165) is 22.3 Å². The van der Waals surface area contributed by atoms with Gasteiger partial charge < -0.3 is 19.7 Å². The summed E-state index contributed by atoms with van der Waals surface area (Å²) in [5, 5.41) is 2.86. The molecule has 4 rings (SSSR count). The van der Waals surface area contributed by atoms with E-state index in [-0.39, 0.29) is 18.4 Å². The van der Waals surface area contributed by atoms with Gasteiger partial charge in [-0.25, -0.2) is 0 Å². The molecule has 1 atom stereocenters. The third-order valence-corrected chi connectivity index (χ3v) is 5.74. The summed E-state index contributed by atoms with van der Waals surface area (Å²) in [6.07, 6.45) is -0.576. The van der Waals surface area contributed by atoms with Gasteiger partial charge in [0.15, 0.2) is 12.7 Å². The summed E-state index contributed by atoms with van der Waals surface area (Å²) in [4.78, 5) is 27.2. The molecule has 3 aromatic rings. The minimum Gasteiger partial charge on any atom is -0.483 e. The molecule has 6 heteroatoms. The lowest BCUT2D eigenvalue weighted by atomic mass is 10.1. The van der Waals surface area contributed by atoms with Crippen molar-refractivity contribution in [2.24, 2.45) is 0 Å². The summed E-state index contributed by atoms with van der Waals surface area (Å²) < 4.78 is 11.5. The molecule has 2 amide bonds. The van der Waals surface area contributed by atoms with Crippen molar-refractivity contribution in [3.8, 4) is 11.5 Å². The molecule has 0 spiro atoms. The molecule has 0 aromatic heterocycles. The van der Waals surface area contributed by atoms with E-state index in [4.69, 9.17) is 9.47 Å². The molecule has 1 aliphatic rings. The zero-order valence-corrected chi connectivity index (χ0v) is 19.3. The first-order chi connectivity index (χ1) is 15.8. The number of amides is 2. The number of nitrogens with one attached hydrogen (secondary N) is 1. The average molecular weight is 445 g/mol. The first-order valence-corrected chi connectivity index (χ1v) is 11.0. The number of fused-ring (bicyclic) bond motifs is 1. The van der Waals surface area contributed by atoms with Crippen molar-refractivity contribution in [2.75, 3.05) is 16.8 Å². The van der Waals surface area contributed by atoms with Gasteiger partial charge >= 0.3 is 0 Å². The number of anilines is 2. The quantitative estimate of drug-likeness (QED) is 0.585. The molecule has 1 unspecified atom stereocenters. The van der Waals surface area contributed by atoms with E-state index in [1.54, 1.807) is 30.0 Å². The largest absolute Gasteiger partial charge is 0.483 e. The second-order valence-electron chi connectivity index (χ2n) is 8.40. The molecule has 1 heterocycles. The van der Waals surface area contributed by atoms with Crippen molar-refractivity contribution in [3.63, 3.8) is 0 Å². The fraction of sp³-hybridized carbons (Fsp3) is 0.259. The summed E-state index contributed by atoms with van der Waals surface area (Å²) in [7, 11) is 0. The first kappa shape index (κ1) is 22.4. The lowest BCUT2D eigenvalue weighted by molar-refractivity contribution is -0.125. The van der Waals surface area contributed by atoms with Crippen LogP contribution in [0.3, 0.4) is 0 Å². The number of hydrogen-bond acceptors (Lipinski definition) is 4. The topological polar surface area (TPSA) is 67.9 Å². The van der Waals surface area contributed by atoms with E-state index in [9.17, 15) is 9.59 Å². The molecule has 0 saturated carbocycles. The number of benzene rings is 3. The Bertz CT molecular complexity index is 1200. The molecule has 33 heavy (non-hydrogen) atoms. The van der Waals surface area contributed by atoms with Crippen LogP contribution >= 0.6 is 0 Å². The number of hydrogen-bond donors (Lipinski definition) is 1. The Kier molecular flexibility index (Phi) is 6.36. The second kappa shape index (κ2) is 9.36. The van der Waals surface area contributed by atoms with Crippen molar-refractivity contribution >= 4 is 23.2 Å². The zero-order chi connectivity index (χ0) is 23.5. The maximum Gasteiger partial charge on any atom is 0.268 e. The molecule has 0 saturated heterocycles. The van der Waals surface area contributed by atoms with Gasteiger partial charge in [0.05, 0.1) is 12.2 Å². The van der Waals surface area contributed by atoms with Gasteiger partial charge in [-0.1, -0.05) is 36.4 Å². The van der Waals surface area contributed by atoms with Gasteiger partial charge in [0.2, 0.25) is 0 Å². The van der Waals surface area contributed by atoms with Crippen molar-refractivity contribution in [2.45, 2.75) is 40.3 Å². The summed E-state index contributed by atoms with van der Waals surface area (Å²) in [6.45, 7) is 8.01. The lowest BCUT2D eigenvalue weighted by Gasteiger charge is -2.33. The van der Waals surface area contributed by atoms with Crippen LogP contribution in [0.15, 0.2) is 60.7 Å². The molecule has 3 aromatic carbocycles. The smallest absolute Gasteiger partial charge is 0.268 e. The number of aryl methyl sites for hydroxylation is 3. The Morgan fingerprint density at radius 3 is 2.61 bits per heavy atom. The van der Waals surface area contributed by atoms with E-state index in [1.807, 2.05) is 63.2 Å². The van der Waals surface area contributed by atoms with Crippen molar-refractivity contribution in [1.29, 1.82) is 0 Å². The fourth-order valence-electron chi connectivity index (χ4n) is 3.81. The van der Waals surface area contributed by atoms with Crippen LogP contribution in [0, 0.1) is 20.8 Å². The predicted molar refractivity (Wildman–Crippen MR) is 129 cm³/mol. The maximum absolute atomic E-state index is 12.9. The maximum atomic E-state index is 12.9. The highest BCUT2D eigenvalue weighted by Gasteiger charge is 2.32. The lowest BCUT2D eigenvalue weighted by Crippen LogP contribution is -2.44. The summed E-state index contributed by atoms with van der Waals surface area (Å²) in [6, 6.07) is 19.2. The van der Waals surface area contributed by atoms with Crippen LogP contribution in [0.5, 0.6) is 11.5 Å². The Balaban J connectivity index is 1.51. The molecular formula is C27H28N2O4. The van der Waals surface area contributed by atoms with Crippen LogP contribution < -0.4 is 19.7 Å². The molecule has 0 bridgehead atoms. The minimum absolute atomic E-state index is 0.110. The third-order valence-electron chi connectivity index (χ3n) is 5.74. The van der Waals surface area contributed by atoms with Crippen molar-refractivity contribution in [1.82, 2.24) is 0 Å². The highest BCUT2D eigenvalue weighted by molar-refractivity contribution is 6.01. The van der Waals surface area contributed by atoms with E-state index in [2.05, 4.69) is 5.32 Å². The highest BCUT2D eigenvalue weighted by atomic mass is 16.5. The number of carbonyl (C=O) groups is 2. The highest BCUT2D eigenvalue weighted by Crippen LogP contribution is 2.37. The van der Waals surface area contributed by atoms with E-state index >= 15 is 0 Å². The van der Waals surface area contributed by atoms with Crippen LogP contribution in [-0.2, 0) is 16.1 Å². The van der Waals surface area contributed by atoms with Crippen molar-refractivity contribution in [3.05, 3.63) is 82.9 Å². The van der Waals surface area contributed by atoms with Gasteiger partial charge in [-0.15, -0.1) is 0 Å². The number of rotatable bonds is 6. The van der Waals surface area contributed by atoms with Crippen LogP contribution in [0.4, 0.5) is 11.4 Å². The summed E-state index contributed by atoms with van der Waals surface area (Å²) in [5.41, 5.74) is 5.41. The van der Waals surface area contributed by atoms with Gasteiger partial charge in [-0.3, -0.25) is 9.59 Å². The van der Waals surface area contributed by atoms with E-state index in [1.165, 1.54) is 0 Å². The Hall–Kier alpha value is -3.80. The van der Waals surface area contributed by atoms with E-state index < -0.39 is 6.10 Å². The van der Waals surface area contributed by atoms with Gasteiger partial charge in [-0.05, 0) is 74.2 Å². The number of ether oxygens (including phenoxy) is 2. The second-order valence-corrected chi connectivity index (χ2v) is 8.40. The molecule has 6 nitrogen and oxygen atoms in total. The van der Waals surface area contributed by atoms with Gasteiger partial charge in [-0.2, -0.15) is 0 Å². The Morgan fingerprint density at radius 2 is 1.82 bits per heavy atom. The van der Waals surface area contributed by atoms with Crippen molar-refractivity contribution < 1.29 is 19.1 Å². The molecule has 1 N–H and O–H groups in total. The van der Waals surface area contributed by atoms with Crippen LogP contribution in [0.2, 0.25) is 0 Å². The number of nitrogens with zero attached hydrogens (tertiary/aromatic N) is 1. The normalized spacial score (nSPS) is 15.0. The van der Waals surface area contributed by atoms with E-state index in [0.29, 0.717) is 29.4 Å². The van der Waals surface area contributed by atoms with Crippen LogP contribution in [0.1, 0.15) is 29.2 Å². The molecular weight excluding hydrogens is 416 g/mol. The fourth-order valence-corrected chi connectivity index (χ4v) is 3.81. The molecule has 1 aliphatic heterocycles. The average Bonchev–Trinajstić information content (AvgIpc) is 2.79. The number of carbonyl (C=O) groups excluding carboxylic acids is 2. The summed E-state index contributed by atoms with van der Waals surface area (Å²) >= 11 is 0. The molecule has 0 aliphatic carbocycles. The van der Waals surface area contributed by atoms with Gasteiger partial charge in [0.1, 0.15) is 11.5 Å². The molecule has 0 radical (unpaired) electrons. The van der Waals surface area contributed by atoms with Gasteiger partial charge in [0, 0.05) is 5.69 Å².